The van der Waals surface area contributed by atoms with Gasteiger partial charge in [0.2, 0.25) is 0 Å². The molecule has 0 heterocycles. The van der Waals surface area contributed by atoms with Crippen molar-refractivity contribution >= 4 is 11.9 Å². The van der Waals surface area contributed by atoms with Crippen LogP contribution >= 0.6 is 0 Å². The van der Waals surface area contributed by atoms with Crippen molar-refractivity contribution in [3.05, 3.63) is 0 Å². The van der Waals surface area contributed by atoms with Crippen LogP contribution in [-0.4, -0.2) is 31.4 Å². The van der Waals surface area contributed by atoms with E-state index in [-0.39, 0.29) is 41.6 Å². The highest BCUT2D eigenvalue weighted by Gasteiger charge is 2.68. The Labute approximate surface area is 167 Å². The number of hydrogen-bond donors (Lipinski definition) is 0. The maximum absolute atomic E-state index is 12.8. The van der Waals surface area contributed by atoms with Gasteiger partial charge < -0.3 is 14.2 Å². The lowest BCUT2D eigenvalue weighted by atomic mass is 9.66. The molecular weight excluding hydrogens is 356 g/mol. The molecule has 5 fully saturated rings. The highest BCUT2D eigenvalue weighted by molar-refractivity contribution is 5.81. The Balaban J connectivity index is 1.25. The summed E-state index contributed by atoms with van der Waals surface area (Å²) >= 11 is 0. The van der Waals surface area contributed by atoms with Crippen molar-refractivity contribution in [2.24, 2.45) is 52.3 Å². The van der Waals surface area contributed by atoms with E-state index in [2.05, 4.69) is 13.8 Å². The van der Waals surface area contributed by atoms with E-state index in [1.807, 2.05) is 13.8 Å². The second-order valence-corrected chi connectivity index (χ2v) is 11.0. The standard InChI is InChI=1S/C23H34O5/c1-5-26-11-27-20(24)15-7-12-6-14(15)19-16-8-13(18(12)19)9-17(16)28-21(25)23(4)10-22(23,2)3/h12-19H,5-11H2,1-4H3. The quantitative estimate of drug-likeness (QED) is 0.299. The van der Waals surface area contributed by atoms with Gasteiger partial charge in [0.1, 0.15) is 6.10 Å². The van der Waals surface area contributed by atoms with Gasteiger partial charge in [0, 0.05) is 6.61 Å². The van der Waals surface area contributed by atoms with Gasteiger partial charge in [0.05, 0.1) is 11.3 Å². The average molecular weight is 391 g/mol. The SMILES string of the molecule is CCOCOC(=O)C1CC2CC1C1C3CC(CC3OC(=O)C3(C)CC3(C)C)C21. The molecule has 0 aliphatic heterocycles. The molecule has 5 aliphatic carbocycles. The molecule has 5 saturated carbocycles. The third kappa shape index (κ3) is 2.54. The maximum atomic E-state index is 12.8. The van der Waals surface area contributed by atoms with Crippen LogP contribution < -0.4 is 0 Å². The largest absolute Gasteiger partial charge is 0.462 e. The molecule has 0 N–H and O–H groups in total. The zero-order valence-corrected chi connectivity index (χ0v) is 17.6. The van der Waals surface area contributed by atoms with Crippen LogP contribution in [0.3, 0.4) is 0 Å². The van der Waals surface area contributed by atoms with E-state index in [9.17, 15) is 9.59 Å². The van der Waals surface area contributed by atoms with Crippen molar-refractivity contribution in [3.63, 3.8) is 0 Å². The van der Waals surface area contributed by atoms with Gasteiger partial charge in [-0.25, -0.2) is 0 Å². The van der Waals surface area contributed by atoms with Crippen LogP contribution in [0, 0.1) is 52.3 Å². The summed E-state index contributed by atoms with van der Waals surface area (Å²) in [5.74, 6) is 3.42. The number of esters is 2. The fourth-order valence-electron chi connectivity index (χ4n) is 7.69. The highest BCUT2D eigenvalue weighted by atomic mass is 16.7. The molecule has 0 aromatic heterocycles. The lowest BCUT2D eigenvalue weighted by Crippen LogP contribution is -2.42. The van der Waals surface area contributed by atoms with E-state index < -0.39 is 0 Å². The summed E-state index contributed by atoms with van der Waals surface area (Å²) in [5.41, 5.74) is -0.249. The van der Waals surface area contributed by atoms with E-state index in [1.165, 1.54) is 6.42 Å². The van der Waals surface area contributed by atoms with Gasteiger partial charge in [-0.05, 0) is 86.9 Å². The van der Waals surface area contributed by atoms with Crippen molar-refractivity contribution in [1.82, 2.24) is 0 Å². The van der Waals surface area contributed by atoms with Crippen LogP contribution in [0.2, 0.25) is 0 Å². The van der Waals surface area contributed by atoms with E-state index >= 15 is 0 Å². The minimum Gasteiger partial charge on any atom is -0.462 e. The van der Waals surface area contributed by atoms with Crippen LogP contribution in [0.15, 0.2) is 0 Å². The summed E-state index contributed by atoms with van der Waals surface area (Å²) in [6.07, 6.45) is 5.34. The molecule has 5 heteroatoms. The lowest BCUT2D eigenvalue weighted by Gasteiger charge is -2.40. The molecule has 0 radical (unpaired) electrons. The second-order valence-electron chi connectivity index (χ2n) is 11.0. The smallest absolute Gasteiger partial charge is 0.312 e. The van der Waals surface area contributed by atoms with E-state index in [0.717, 1.165) is 31.6 Å². The zero-order chi connectivity index (χ0) is 19.8. The van der Waals surface area contributed by atoms with Gasteiger partial charge in [-0.1, -0.05) is 13.8 Å². The Bertz CT molecular complexity index is 686. The first-order chi connectivity index (χ1) is 13.3. The Hall–Kier alpha value is -1.10. The Morgan fingerprint density at radius 2 is 1.64 bits per heavy atom. The van der Waals surface area contributed by atoms with Crippen molar-refractivity contribution < 1.29 is 23.8 Å². The number of carbonyl (C=O) groups is 2. The van der Waals surface area contributed by atoms with E-state index in [0.29, 0.717) is 36.2 Å². The molecule has 0 aromatic carbocycles. The van der Waals surface area contributed by atoms with Gasteiger partial charge in [0.15, 0.2) is 6.79 Å². The lowest BCUT2D eigenvalue weighted by molar-refractivity contribution is -0.168. The monoisotopic (exact) mass is 390 g/mol. The Kier molecular flexibility index (Phi) is 4.18. The molecule has 0 amide bonds. The topological polar surface area (TPSA) is 61.8 Å². The molecule has 0 aromatic rings. The number of carbonyl (C=O) groups excluding carboxylic acids is 2. The first-order valence-electron chi connectivity index (χ1n) is 11.2. The van der Waals surface area contributed by atoms with Crippen molar-refractivity contribution in [1.29, 1.82) is 0 Å². The average Bonchev–Trinajstić information content (AvgIpc) is 3.21. The predicted molar refractivity (Wildman–Crippen MR) is 102 cm³/mol. The van der Waals surface area contributed by atoms with Crippen LogP contribution in [0.1, 0.15) is 59.8 Å². The summed E-state index contributed by atoms with van der Waals surface area (Å²) < 4.78 is 16.7. The molecule has 9 atom stereocenters. The summed E-state index contributed by atoms with van der Waals surface area (Å²) in [5, 5.41) is 0. The fraction of sp³-hybridized carbons (Fsp3) is 0.913. The molecule has 0 spiro atoms. The molecule has 0 saturated heterocycles. The maximum Gasteiger partial charge on any atom is 0.312 e. The molecule has 4 bridgehead atoms. The molecule has 5 aliphatic rings. The van der Waals surface area contributed by atoms with E-state index in [1.54, 1.807) is 0 Å². The first-order valence-corrected chi connectivity index (χ1v) is 11.2. The van der Waals surface area contributed by atoms with Crippen LogP contribution in [-0.2, 0) is 23.8 Å². The third-order valence-electron chi connectivity index (χ3n) is 9.42. The molecule has 9 unspecified atom stereocenters. The van der Waals surface area contributed by atoms with Crippen molar-refractivity contribution in [2.45, 2.75) is 65.9 Å². The van der Waals surface area contributed by atoms with Crippen LogP contribution in [0.4, 0.5) is 0 Å². The Morgan fingerprint density at radius 3 is 2.32 bits per heavy atom. The zero-order valence-electron chi connectivity index (χ0n) is 17.6. The first kappa shape index (κ1) is 18.9. The number of rotatable bonds is 6. The van der Waals surface area contributed by atoms with Gasteiger partial charge in [-0.3, -0.25) is 9.59 Å². The number of ether oxygens (including phenoxy) is 3. The van der Waals surface area contributed by atoms with Crippen molar-refractivity contribution in [3.8, 4) is 0 Å². The summed E-state index contributed by atoms with van der Waals surface area (Å²) in [6.45, 7) is 8.88. The normalized spacial score (nSPS) is 49.1. The molecule has 5 rings (SSSR count). The summed E-state index contributed by atoms with van der Waals surface area (Å²) in [4.78, 5) is 25.4. The third-order valence-corrected chi connectivity index (χ3v) is 9.42. The van der Waals surface area contributed by atoms with Gasteiger partial charge in [-0.2, -0.15) is 0 Å². The number of hydrogen-bond acceptors (Lipinski definition) is 5. The summed E-state index contributed by atoms with van der Waals surface area (Å²) in [7, 11) is 0. The summed E-state index contributed by atoms with van der Waals surface area (Å²) in [6, 6.07) is 0. The number of fused-ring (bicyclic) bond motifs is 9. The van der Waals surface area contributed by atoms with Crippen LogP contribution in [0.25, 0.3) is 0 Å². The van der Waals surface area contributed by atoms with Gasteiger partial charge in [0.25, 0.3) is 0 Å². The minimum atomic E-state index is -0.311. The molecule has 5 nitrogen and oxygen atoms in total. The minimum absolute atomic E-state index is 0.00225. The highest BCUT2D eigenvalue weighted by Crippen LogP contribution is 2.70. The molecule has 28 heavy (non-hydrogen) atoms. The Morgan fingerprint density at radius 1 is 0.964 bits per heavy atom. The fourth-order valence-corrected chi connectivity index (χ4v) is 7.69. The van der Waals surface area contributed by atoms with Gasteiger partial charge in [-0.15, -0.1) is 0 Å². The van der Waals surface area contributed by atoms with Crippen LogP contribution in [0.5, 0.6) is 0 Å². The van der Waals surface area contributed by atoms with Crippen molar-refractivity contribution in [2.75, 3.05) is 13.4 Å². The molecular formula is C23H34O5. The van der Waals surface area contributed by atoms with E-state index in [4.69, 9.17) is 14.2 Å². The van der Waals surface area contributed by atoms with Gasteiger partial charge >= 0.3 is 11.9 Å². The molecule has 156 valence electrons. The second kappa shape index (κ2) is 6.20. The predicted octanol–water partition coefficient (Wildman–Crippen LogP) is 3.80.